The molecule has 0 heterocycles. The maximum absolute atomic E-state index is 10.1. The molecule has 72 valence electrons. The lowest BCUT2D eigenvalue weighted by Crippen LogP contribution is -2.39. The Kier molecular flexibility index (Phi) is 4.57. The Labute approximate surface area is 78.9 Å². The maximum atomic E-state index is 10.1. The van der Waals surface area contributed by atoms with Crippen LogP contribution in [0.4, 0.5) is 0 Å². The zero-order valence-corrected chi connectivity index (χ0v) is 8.12. The van der Waals surface area contributed by atoms with Gasteiger partial charge in [0.1, 0.15) is 0 Å². The van der Waals surface area contributed by atoms with Crippen LogP contribution in [0, 0.1) is 5.41 Å². The van der Waals surface area contributed by atoms with E-state index in [1.165, 1.54) is 19.3 Å². The number of halogens is 1. The molecule has 0 spiro atoms. The highest BCUT2D eigenvalue weighted by atomic mass is 35.5. The van der Waals surface area contributed by atoms with Crippen LogP contribution in [0.2, 0.25) is 0 Å². The lowest BCUT2D eigenvalue weighted by Gasteiger charge is -2.38. The van der Waals surface area contributed by atoms with Crippen LogP contribution in [0.1, 0.15) is 26.2 Å². The van der Waals surface area contributed by atoms with Gasteiger partial charge in [-0.3, -0.25) is 4.79 Å². The number of rotatable bonds is 4. The van der Waals surface area contributed by atoms with Crippen molar-refractivity contribution in [1.82, 2.24) is 5.32 Å². The van der Waals surface area contributed by atoms with Gasteiger partial charge in [-0.15, -0.1) is 12.4 Å². The quantitative estimate of drug-likeness (QED) is 0.707. The molecule has 0 aromatic rings. The van der Waals surface area contributed by atoms with E-state index in [2.05, 4.69) is 12.2 Å². The zero-order chi connectivity index (χ0) is 8.32. The van der Waals surface area contributed by atoms with Gasteiger partial charge in [0.25, 0.3) is 0 Å². The number of carbonyl (C=O) groups is 1. The smallest absolute Gasteiger partial charge is 0.317 e. The average molecular weight is 194 g/mol. The predicted molar refractivity (Wildman–Crippen MR) is 49.7 cm³/mol. The van der Waals surface area contributed by atoms with Gasteiger partial charge in [-0.25, -0.2) is 0 Å². The molecule has 3 nitrogen and oxygen atoms in total. The second-order valence-corrected chi connectivity index (χ2v) is 3.66. The lowest BCUT2D eigenvalue weighted by molar-refractivity contribution is -0.136. The van der Waals surface area contributed by atoms with E-state index in [4.69, 9.17) is 5.11 Å². The summed E-state index contributed by atoms with van der Waals surface area (Å²) >= 11 is 0. The van der Waals surface area contributed by atoms with E-state index in [0.717, 1.165) is 6.54 Å². The van der Waals surface area contributed by atoms with Gasteiger partial charge in [0, 0.05) is 6.54 Å². The molecule has 0 bridgehead atoms. The number of carboxylic acids is 1. The minimum atomic E-state index is -0.770. The largest absolute Gasteiger partial charge is 0.480 e. The normalized spacial score (nSPS) is 19.1. The number of aliphatic carboxylic acids is 1. The van der Waals surface area contributed by atoms with E-state index >= 15 is 0 Å². The van der Waals surface area contributed by atoms with Crippen LogP contribution >= 0.6 is 12.4 Å². The molecular weight excluding hydrogens is 178 g/mol. The highest BCUT2D eigenvalue weighted by Gasteiger charge is 2.30. The van der Waals surface area contributed by atoms with E-state index < -0.39 is 5.97 Å². The molecule has 1 aliphatic rings. The Morgan fingerprint density at radius 1 is 1.58 bits per heavy atom. The Morgan fingerprint density at radius 2 is 2.17 bits per heavy atom. The van der Waals surface area contributed by atoms with Crippen molar-refractivity contribution in [3.05, 3.63) is 0 Å². The summed E-state index contributed by atoms with van der Waals surface area (Å²) in [6.07, 6.45) is 3.77. The molecule has 0 unspecified atom stereocenters. The van der Waals surface area contributed by atoms with Crippen molar-refractivity contribution < 1.29 is 9.90 Å². The van der Waals surface area contributed by atoms with Crippen LogP contribution < -0.4 is 5.32 Å². The third-order valence-corrected chi connectivity index (χ3v) is 2.39. The maximum Gasteiger partial charge on any atom is 0.317 e. The topological polar surface area (TPSA) is 49.3 Å². The fourth-order valence-corrected chi connectivity index (χ4v) is 1.43. The number of carboxylic acid groups (broad SMARTS) is 1. The number of nitrogens with one attached hydrogen (secondary N) is 1. The third-order valence-electron chi connectivity index (χ3n) is 2.39. The minimum Gasteiger partial charge on any atom is -0.480 e. The molecule has 2 N–H and O–H groups in total. The summed E-state index contributed by atoms with van der Waals surface area (Å²) in [6, 6.07) is 0. The van der Waals surface area contributed by atoms with Crippen molar-refractivity contribution in [2.75, 3.05) is 13.1 Å². The van der Waals surface area contributed by atoms with Crippen molar-refractivity contribution in [1.29, 1.82) is 0 Å². The summed E-state index contributed by atoms with van der Waals surface area (Å²) in [6.45, 7) is 3.14. The SMILES string of the molecule is CC1(CNCC(=O)O)CCC1.Cl. The summed E-state index contributed by atoms with van der Waals surface area (Å²) in [5.41, 5.74) is 0.384. The van der Waals surface area contributed by atoms with Crippen molar-refractivity contribution in [3.8, 4) is 0 Å². The van der Waals surface area contributed by atoms with Gasteiger partial charge in [0.2, 0.25) is 0 Å². The first kappa shape index (κ1) is 11.7. The van der Waals surface area contributed by atoms with Crippen LogP contribution in [0.25, 0.3) is 0 Å². The second kappa shape index (κ2) is 4.67. The molecule has 4 heteroatoms. The van der Waals surface area contributed by atoms with E-state index in [-0.39, 0.29) is 19.0 Å². The van der Waals surface area contributed by atoms with Crippen molar-refractivity contribution in [2.45, 2.75) is 26.2 Å². The van der Waals surface area contributed by atoms with Crippen LogP contribution in [0.5, 0.6) is 0 Å². The zero-order valence-electron chi connectivity index (χ0n) is 7.30. The van der Waals surface area contributed by atoms with Crippen molar-refractivity contribution in [3.63, 3.8) is 0 Å². The van der Waals surface area contributed by atoms with Crippen LogP contribution in [0.3, 0.4) is 0 Å². The molecule has 0 aliphatic heterocycles. The summed E-state index contributed by atoms with van der Waals surface area (Å²) in [7, 11) is 0. The van der Waals surface area contributed by atoms with Gasteiger partial charge in [0.05, 0.1) is 6.54 Å². The van der Waals surface area contributed by atoms with E-state index in [1.54, 1.807) is 0 Å². The minimum absolute atomic E-state index is 0. The Hall–Kier alpha value is -0.280. The fourth-order valence-electron chi connectivity index (χ4n) is 1.43. The van der Waals surface area contributed by atoms with Gasteiger partial charge in [0.15, 0.2) is 0 Å². The monoisotopic (exact) mass is 193 g/mol. The van der Waals surface area contributed by atoms with E-state index in [9.17, 15) is 4.79 Å². The molecule has 0 radical (unpaired) electrons. The van der Waals surface area contributed by atoms with Crippen molar-refractivity contribution in [2.24, 2.45) is 5.41 Å². The Morgan fingerprint density at radius 3 is 2.50 bits per heavy atom. The molecule has 1 saturated carbocycles. The molecule has 0 atom stereocenters. The summed E-state index contributed by atoms with van der Waals surface area (Å²) in [5.74, 6) is -0.770. The first-order chi connectivity index (χ1) is 5.12. The van der Waals surface area contributed by atoms with E-state index in [0.29, 0.717) is 5.41 Å². The standard InChI is InChI=1S/C8H15NO2.ClH/c1-8(3-2-4-8)6-9-5-7(10)11;/h9H,2-6H2,1H3,(H,10,11);1H. The average Bonchev–Trinajstić information content (AvgIpc) is 1.83. The Bertz CT molecular complexity index is 157. The van der Waals surface area contributed by atoms with Crippen LogP contribution in [0.15, 0.2) is 0 Å². The summed E-state index contributed by atoms with van der Waals surface area (Å²) in [5, 5.41) is 11.3. The number of hydrogen-bond donors (Lipinski definition) is 2. The first-order valence-corrected chi connectivity index (χ1v) is 4.05. The highest BCUT2D eigenvalue weighted by molar-refractivity contribution is 5.85. The molecule has 0 aromatic heterocycles. The highest BCUT2D eigenvalue weighted by Crippen LogP contribution is 2.39. The molecule has 1 rings (SSSR count). The predicted octanol–water partition coefficient (Wildman–Crippen LogP) is 1.27. The first-order valence-electron chi connectivity index (χ1n) is 4.05. The molecule has 12 heavy (non-hydrogen) atoms. The summed E-state index contributed by atoms with van der Waals surface area (Å²) < 4.78 is 0. The Balaban J connectivity index is 0.00000121. The van der Waals surface area contributed by atoms with Crippen LogP contribution in [-0.2, 0) is 4.79 Å². The number of hydrogen-bond acceptors (Lipinski definition) is 2. The fraction of sp³-hybridized carbons (Fsp3) is 0.875. The third kappa shape index (κ3) is 3.41. The molecule has 0 amide bonds. The van der Waals surface area contributed by atoms with Gasteiger partial charge >= 0.3 is 5.97 Å². The lowest BCUT2D eigenvalue weighted by atomic mass is 9.70. The molecule has 1 aliphatic carbocycles. The molecule has 1 fully saturated rings. The van der Waals surface area contributed by atoms with Gasteiger partial charge in [-0.2, -0.15) is 0 Å². The van der Waals surface area contributed by atoms with Gasteiger partial charge < -0.3 is 10.4 Å². The molecule has 0 saturated heterocycles. The molecular formula is C8H16ClNO2. The van der Waals surface area contributed by atoms with Crippen molar-refractivity contribution >= 4 is 18.4 Å². The molecule has 0 aromatic carbocycles. The summed E-state index contributed by atoms with van der Waals surface area (Å²) in [4.78, 5) is 10.1. The van der Waals surface area contributed by atoms with E-state index in [1.807, 2.05) is 0 Å². The second-order valence-electron chi connectivity index (χ2n) is 3.66. The van der Waals surface area contributed by atoms with Gasteiger partial charge in [-0.1, -0.05) is 13.3 Å². The van der Waals surface area contributed by atoms with Crippen LogP contribution in [-0.4, -0.2) is 24.2 Å². The van der Waals surface area contributed by atoms with Gasteiger partial charge in [-0.05, 0) is 18.3 Å².